The van der Waals surface area contributed by atoms with Crippen molar-refractivity contribution in [1.29, 1.82) is 0 Å². The highest BCUT2D eigenvalue weighted by Crippen LogP contribution is 2.18. The number of carbonyl (C=O) groups is 1. The number of nitrogens with two attached hydrogens (primary N) is 1. The summed E-state index contributed by atoms with van der Waals surface area (Å²) in [6.07, 6.45) is 1.58. The van der Waals surface area contributed by atoms with Gasteiger partial charge in [-0.3, -0.25) is 4.79 Å². The number of rotatable bonds is 7. The molecular weight excluding hydrogens is 240 g/mol. The summed E-state index contributed by atoms with van der Waals surface area (Å²) in [5.74, 6) is 1.08. The highest BCUT2D eigenvalue weighted by atomic mass is 16.5. The zero-order valence-corrected chi connectivity index (χ0v) is 12.0. The summed E-state index contributed by atoms with van der Waals surface area (Å²) >= 11 is 0. The standard InChI is InChI=1S/C15H24N2O2/c1-4-6-14(16)15(18)17-12-7-5-8-13(9-12)19-10-11(2)3/h5,7-9,11,14H,4,6,10,16H2,1-3H3,(H,17,18)/t14-/m0/s1. The average Bonchev–Trinajstić information content (AvgIpc) is 2.37. The predicted molar refractivity (Wildman–Crippen MR) is 78.3 cm³/mol. The number of nitrogens with one attached hydrogen (secondary N) is 1. The Bertz CT molecular complexity index is 405. The van der Waals surface area contributed by atoms with Gasteiger partial charge in [-0.25, -0.2) is 0 Å². The lowest BCUT2D eigenvalue weighted by molar-refractivity contribution is -0.117. The molecule has 1 atom stereocenters. The molecule has 106 valence electrons. The molecule has 0 aromatic heterocycles. The van der Waals surface area contributed by atoms with Gasteiger partial charge >= 0.3 is 0 Å². The normalized spacial score (nSPS) is 12.3. The average molecular weight is 264 g/mol. The van der Waals surface area contributed by atoms with Gasteiger partial charge in [-0.05, 0) is 24.5 Å². The lowest BCUT2D eigenvalue weighted by Crippen LogP contribution is -2.35. The van der Waals surface area contributed by atoms with E-state index in [4.69, 9.17) is 10.5 Å². The number of carbonyl (C=O) groups excluding carboxylic acids is 1. The molecule has 0 fully saturated rings. The molecule has 1 rings (SSSR count). The molecule has 19 heavy (non-hydrogen) atoms. The monoisotopic (exact) mass is 264 g/mol. The summed E-state index contributed by atoms with van der Waals surface area (Å²) in [6, 6.07) is 6.93. The maximum absolute atomic E-state index is 11.8. The fourth-order valence-corrected chi connectivity index (χ4v) is 1.60. The van der Waals surface area contributed by atoms with Crippen LogP contribution in [-0.2, 0) is 4.79 Å². The van der Waals surface area contributed by atoms with Crippen LogP contribution in [0.3, 0.4) is 0 Å². The van der Waals surface area contributed by atoms with Gasteiger partial charge in [-0.15, -0.1) is 0 Å². The van der Waals surface area contributed by atoms with Gasteiger partial charge < -0.3 is 15.8 Å². The van der Waals surface area contributed by atoms with Crippen molar-refractivity contribution in [1.82, 2.24) is 0 Å². The quantitative estimate of drug-likeness (QED) is 0.796. The minimum Gasteiger partial charge on any atom is -0.493 e. The van der Waals surface area contributed by atoms with E-state index >= 15 is 0 Å². The summed E-state index contributed by atoms with van der Waals surface area (Å²) < 4.78 is 5.62. The Hall–Kier alpha value is -1.55. The van der Waals surface area contributed by atoms with Gasteiger partial charge in [0.2, 0.25) is 5.91 Å². The summed E-state index contributed by atoms with van der Waals surface area (Å²) in [7, 11) is 0. The molecular formula is C15H24N2O2. The van der Waals surface area contributed by atoms with Crippen LogP contribution >= 0.6 is 0 Å². The first-order valence-corrected chi connectivity index (χ1v) is 6.82. The number of hydrogen-bond acceptors (Lipinski definition) is 3. The molecule has 0 bridgehead atoms. The van der Waals surface area contributed by atoms with Crippen LogP contribution in [-0.4, -0.2) is 18.6 Å². The summed E-state index contributed by atoms with van der Waals surface area (Å²) in [5.41, 5.74) is 6.49. The van der Waals surface area contributed by atoms with Gasteiger partial charge in [0, 0.05) is 11.8 Å². The van der Waals surface area contributed by atoms with Gasteiger partial charge in [0.25, 0.3) is 0 Å². The lowest BCUT2D eigenvalue weighted by Gasteiger charge is -2.13. The molecule has 1 aromatic rings. The second-order valence-electron chi connectivity index (χ2n) is 5.12. The van der Waals surface area contributed by atoms with E-state index in [0.717, 1.165) is 17.9 Å². The zero-order valence-electron chi connectivity index (χ0n) is 12.0. The number of benzene rings is 1. The van der Waals surface area contributed by atoms with Crippen LogP contribution in [0, 0.1) is 5.92 Å². The molecule has 0 aliphatic rings. The van der Waals surface area contributed by atoms with Crippen LogP contribution in [0.15, 0.2) is 24.3 Å². The van der Waals surface area contributed by atoms with Crippen molar-refractivity contribution < 1.29 is 9.53 Å². The minimum absolute atomic E-state index is 0.150. The molecule has 0 aliphatic heterocycles. The Morgan fingerprint density at radius 3 is 2.79 bits per heavy atom. The predicted octanol–water partition coefficient (Wildman–Crippen LogP) is 2.79. The van der Waals surface area contributed by atoms with E-state index in [1.54, 1.807) is 0 Å². The number of amides is 1. The molecule has 0 spiro atoms. The Kier molecular flexibility index (Phi) is 6.36. The number of ether oxygens (including phenoxy) is 1. The first-order valence-electron chi connectivity index (χ1n) is 6.82. The Morgan fingerprint density at radius 1 is 1.42 bits per heavy atom. The van der Waals surface area contributed by atoms with Crippen LogP contribution in [0.1, 0.15) is 33.6 Å². The van der Waals surface area contributed by atoms with Crippen LogP contribution in [0.25, 0.3) is 0 Å². The molecule has 1 aromatic carbocycles. The Labute approximate surface area is 115 Å². The largest absolute Gasteiger partial charge is 0.493 e. The number of anilines is 1. The van der Waals surface area contributed by atoms with Crippen LogP contribution in [0.2, 0.25) is 0 Å². The van der Waals surface area contributed by atoms with Crippen molar-refractivity contribution in [2.75, 3.05) is 11.9 Å². The van der Waals surface area contributed by atoms with Gasteiger partial charge in [0.05, 0.1) is 12.6 Å². The number of hydrogen-bond donors (Lipinski definition) is 2. The maximum atomic E-state index is 11.8. The summed E-state index contributed by atoms with van der Waals surface area (Å²) in [6.45, 7) is 6.85. The molecule has 0 unspecified atom stereocenters. The van der Waals surface area contributed by atoms with Crippen LogP contribution in [0.5, 0.6) is 5.75 Å². The Morgan fingerprint density at radius 2 is 2.16 bits per heavy atom. The van der Waals surface area contributed by atoms with Crippen LogP contribution in [0.4, 0.5) is 5.69 Å². The van der Waals surface area contributed by atoms with E-state index in [2.05, 4.69) is 19.2 Å². The van der Waals surface area contributed by atoms with Crippen LogP contribution < -0.4 is 15.8 Å². The minimum atomic E-state index is -0.453. The second-order valence-corrected chi connectivity index (χ2v) is 5.12. The fraction of sp³-hybridized carbons (Fsp3) is 0.533. The third-order valence-electron chi connectivity index (χ3n) is 2.62. The van der Waals surface area contributed by atoms with Crippen molar-refractivity contribution in [2.45, 2.75) is 39.7 Å². The van der Waals surface area contributed by atoms with E-state index < -0.39 is 6.04 Å². The van der Waals surface area contributed by atoms with Crippen molar-refractivity contribution in [3.63, 3.8) is 0 Å². The molecule has 3 N–H and O–H groups in total. The topological polar surface area (TPSA) is 64.4 Å². The molecule has 4 nitrogen and oxygen atoms in total. The Balaban J connectivity index is 2.59. The van der Waals surface area contributed by atoms with E-state index in [1.165, 1.54) is 0 Å². The first-order chi connectivity index (χ1) is 9.02. The molecule has 1 amide bonds. The maximum Gasteiger partial charge on any atom is 0.241 e. The van der Waals surface area contributed by atoms with Gasteiger partial charge in [0.1, 0.15) is 5.75 Å². The van der Waals surface area contributed by atoms with Crippen molar-refractivity contribution in [3.8, 4) is 5.75 Å². The summed E-state index contributed by atoms with van der Waals surface area (Å²) in [5, 5.41) is 2.81. The van der Waals surface area contributed by atoms with Crippen molar-refractivity contribution >= 4 is 11.6 Å². The molecule has 0 saturated heterocycles. The highest BCUT2D eigenvalue weighted by molar-refractivity contribution is 5.94. The molecule has 0 saturated carbocycles. The van der Waals surface area contributed by atoms with Gasteiger partial charge in [0.15, 0.2) is 0 Å². The van der Waals surface area contributed by atoms with E-state index in [0.29, 0.717) is 18.9 Å². The zero-order chi connectivity index (χ0) is 14.3. The highest BCUT2D eigenvalue weighted by Gasteiger charge is 2.12. The third-order valence-corrected chi connectivity index (χ3v) is 2.62. The van der Waals surface area contributed by atoms with E-state index in [1.807, 2.05) is 31.2 Å². The lowest BCUT2D eigenvalue weighted by atomic mass is 10.1. The smallest absolute Gasteiger partial charge is 0.241 e. The fourth-order valence-electron chi connectivity index (χ4n) is 1.60. The third kappa shape index (κ3) is 5.75. The van der Waals surface area contributed by atoms with Gasteiger partial charge in [-0.2, -0.15) is 0 Å². The van der Waals surface area contributed by atoms with Gasteiger partial charge in [-0.1, -0.05) is 33.3 Å². The molecule has 0 radical (unpaired) electrons. The van der Waals surface area contributed by atoms with E-state index in [9.17, 15) is 4.79 Å². The SMILES string of the molecule is CCC[C@H](N)C(=O)Nc1cccc(OCC(C)C)c1. The molecule has 0 aliphatic carbocycles. The van der Waals surface area contributed by atoms with Crippen molar-refractivity contribution in [3.05, 3.63) is 24.3 Å². The van der Waals surface area contributed by atoms with E-state index in [-0.39, 0.29) is 5.91 Å². The summed E-state index contributed by atoms with van der Waals surface area (Å²) in [4.78, 5) is 11.8. The van der Waals surface area contributed by atoms with Crippen molar-refractivity contribution in [2.24, 2.45) is 11.7 Å². The second kappa shape index (κ2) is 7.79. The first kappa shape index (κ1) is 15.5. The molecule has 0 heterocycles. The molecule has 4 heteroatoms.